The summed E-state index contributed by atoms with van der Waals surface area (Å²) in [4.78, 5) is 23.3. The van der Waals surface area contributed by atoms with Crippen molar-refractivity contribution in [3.63, 3.8) is 0 Å². The van der Waals surface area contributed by atoms with E-state index in [0.717, 1.165) is 5.56 Å². The lowest BCUT2D eigenvalue weighted by Gasteiger charge is -2.23. The third kappa shape index (κ3) is 6.40. The molecular formula is C20H29NO4. The second-order valence-electron chi connectivity index (χ2n) is 7.82. The van der Waals surface area contributed by atoms with Gasteiger partial charge >= 0.3 is 12.1 Å². The summed E-state index contributed by atoms with van der Waals surface area (Å²) in [6.45, 7) is 5.23. The molecule has 0 bridgehead atoms. The molecule has 1 unspecified atom stereocenters. The maximum atomic E-state index is 11.8. The number of rotatable bonds is 5. The fourth-order valence-electron chi connectivity index (χ4n) is 3.25. The molecule has 5 heteroatoms. The third-order valence-corrected chi connectivity index (χ3v) is 4.49. The van der Waals surface area contributed by atoms with Crippen molar-refractivity contribution < 1.29 is 19.4 Å². The number of hydrogen-bond acceptors (Lipinski definition) is 3. The quantitative estimate of drug-likeness (QED) is 0.835. The molecule has 1 fully saturated rings. The molecule has 138 valence electrons. The summed E-state index contributed by atoms with van der Waals surface area (Å²) in [6, 6.07) is 7.12. The molecule has 1 aliphatic rings. The number of amides is 1. The smallest absolute Gasteiger partial charge is 0.408 e. The molecule has 5 nitrogen and oxygen atoms in total. The highest BCUT2D eigenvalue weighted by Crippen LogP contribution is 2.32. The maximum Gasteiger partial charge on any atom is 0.408 e. The minimum absolute atomic E-state index is 0.236. The Bertz CT molecular complexity index is 583. The topological polar surface area (TPSA) is 75.6 Å². The predicted octanol–water partition coefficient (Wildman–Crippen LogP) is 4.25. The summed E-state index contributed by atoms with van der Waals surface area (Å²) in [5.41, 5.74) is 1.56. The van der Waals surface area contributed by atoms with Crippen molar-refractivity contribution in [3.05, 3.63) is 35.4 Å². The zero-order valence-electron chi connectivity index (χ0n) is 15.4. The average molecular weight is 347 g/mol. The Morgan fingerprint density at radius 1 is 1.16 bits per heavy atom. The first kappa shape index (κ1) is 19.3. The van der Waals surface area contributed by atoms with E-state index < -0.39 is 23.7 Å². The lowest BCUT2D eigenvalue weighted by atomic mass is 9.84. The van der Waals surface area contributed by atoms with Gasteiger partial charge in [-0.25, -0.2) is 9.59 Å². The molecule has 0 radical (unpaired) electrons. The first-order valence-electron chi connectivity index (χ1n) is 9.06. The Morgan fingerprint density at radius 2 is 1.76 bits per heavy atom. The van der Waals surface area contributed by atoms with Crippen LogP contribution in [-0.4, -0.2) is 28.8 Å². The fourth-order valence-corrected chi connectivity index (χ4v) is 3.25. The van der Waals surface area contributed by atoms with Gasteiger partial charge in [-0.05, 0) is 50.7 Å². The Morgan fingerprint density at radius 3 is 2.28 bits per heavy atom. The monoisotopic (exact) mass is 347 g/mol. The zero-order valence-corrected chi connectivity index (χ0v) is 15.4. The van der Waals surface area contributed by atoms with Crippen LogP contribution in [0.3, 0.4) is 0 Å². The Labute approximate surface area is 149 Å². The average Bonchev–Trinajstić information content (AvgIpc) is 2.54. The summed E-state index contributed by atoms with van der Waals surface area (Å²) in [5, 5.41) is 11.8. The van der Waals surface area contributed by atoms with Gasteiger partial charge in [-0.3, -0.25) is 0 Å². The molecule has 1 saturated carbocycles. The molecule has 0 aliphatic heterocycles. The largest absolute Gasteiger partial charge is 0.480 e. The molecule has 1 aromatic carbocycles. The number of nitrogens with one attached hydrogen (secondary N) is 1. The van der Waals surface area contributed by atoms with E-state index in [1.165, 1.54) is 37.7 Å². The Hall–Kier alpha value is -2.04. The second-order valence-corrected chi connectivity index (χ2v) is 7.82. The molecule has 1 aliphatic carbocycles. The molecular weight excluding hydrogens is 318 g/mol. The summed E-state index contributed by atoms with van der Waals surface area (Å²) in [6.07, 6.45) is 5.89. The highest BCUT2D eigenvalue weighted by atomic mass is 16.6. The molecule has 0 saturated heterocycles. The molecule has 25 heavy (non-hydrogen) atoms. The summed E-state index contributed by atoms with van der Waals surface area (Å²) in [5.74, 6) is -0.444. The number of alkyl carbamates (subject to hydrolysis) is 1. The van der Waals surface area contributed by atoms with E-state index in [2.05, 4.69) is 17.4 Å². The minimum Gasteiger partial charge on any atom is -0.480 e. The standard InChI is InChI=1S/C20H29NO4/c1-20(2,3)25-19(24)21-17(18(22)23)13-14-9-11-16(12-10-14)15-7-5-4-6-8-15/h9-12,15,17H,4-8,13H2,1-3H3,(H,21,24)(H,22,23). The molecule has 0 aromatic heterocycles. The Balaban J connectivity index is 1.97. The van der Waals surface area contributed by atoms with Crippen molar-refractivity contribution in [2.45, 2.75) is 76.9 Å². The highest BCUT2D eigenvalue weighted by molar-refractivity contribution is 5.80. The lowest BCUT2D eigenvalue weighted by Crippen LogP contribution is -2.44. The highest BCUT2D eigenvalue weighted by Gasteiger charge is 2.24. The van der Waals surface area contributed by atoms with Gasteiger partial charge in [0.25, 0.3) is 0 Å². The number of carbonyl (C=O) groups is 2. The van der Waals surface area contributed by atoms with Crippen LogP contribution >= 0.6 is 0 Å². The van der Waals surface area contributed by atoms with E-state index in [1.54, 1.807) is 20.8 Å². The summed E-state index contributed by atoms with van der Waals surface area (Å²) in [7, 11) is 0. The number of carboxylic acids is 1. The van der Waals surface area contributed by atoms with Gasteiger partial charge in [0.1, 0.15) is 11.6 Å². The van der Waals surface area contributed by atoms with Gasteiger partial charge in [0.05, 0.1) is 0 Å². The lowest BCUT2D eigenvalue weighted by molar-refractivity contribution is -0.139. The van der Waals surface area contributed by atoms with Gasteiger partial charge in [0, 0.05) is 6.42 Å². The van der Waals surface area contributed by atoms with Crippen molar-refractivity contribution in [2.75, 3.05) is 0 Å². The van der Waals surface area contributed by atoms with Crippen molar-refractivity contribution in [1.29, 1.82) is 0 Å². The van der Waals surface area contributed by atoms with Crippen LogP contribution in [0.2, 0.25) is 0 Å². The van der Waals surface area contributed by atoms with Crippen molar-refractivity contribution >= 4 is 12.1 Å². The number of hydrogen-bond donors (Lipinski definition) is 2. The number of carboxylic acid groups (broad SMARTS) is 1. The van der Waals surface area contributed by atoms with Crippen LogP contribution in [0.4, 0.5) is 4.79 Å². The molecule has 1 aromatic rings. The Kier molecular flexibility index (Phi) is 6.45. The van der Waals surface area contributed by atoms with Crippen LogP contribution in [-0.2, 0) is 16.0 Å². The number of carbonyl (C=O) groups excluding carboxylic acids is 1. The van der Waals surface area contributed by atoms with E-state index >= 15 is 0 Å². The number of aliphatic carboxylic acids is 1. The van der Waals surface area contributed by atoms with Crippen LogP contribution in [0.15, 0.2) is 24.3 Å². The van der Waals surface area contributed by atoms with Crippen molar-refractivity contribution in [3.8, 4) is 0 Å². The van der Waals surface area contributed by atoms with E-state index in [1.807, 2.05) is 12.1 Å². The van der Waals surface area contributed by atoms with E-state index in [4.69, 9.17) is 4.74 Å². The van der Waals surface area contributed by atoms with Crippen LogP contribution < -0.4 is 5.32 Å². The predicted molar refractivity (Wildman–Crippen MR) is 96.8 cm³/mol. The zero-order chi connectivity index (χ0) is 18.4. The normalized spacial score (nSPS) is 16.9. The van der Waals surface area contributed by atoms with Crippen LogP contribution in [0.25, 0.3) is 0 Å². The minimum atomic E-state index is -1.07. The third-order valence-electron chi connectivity index (χ3n) is 4.49. The van der Waals surface area contributed by atoms with E-state index in [-0.39, 0.29) is 6.42 Å². The molecule has 2 rings (SSSR count). The van der Waals surface area contributed by atoms with Gasteiger partial charge < -0.3 is 15.2 Å². The second kappa shape index (κ2) is 8.37. The van der Waals surface area contributed by atoms with Gasteiger partial charge in [-0.1, -0.05) is 43.5 Å². The molecule has 2 N–H and O–H groups in total. The SMILES string of the molecule is CC(C)(C)OC(=O)NC(Cc1ccc(C2CCCCC2)cc1)C(=O)O. The number of ether oxygens (including phenoxy) is 1. The van der Waals surface area contributed by atoms with Gasteiger partial charge in [0.2, 0.25) is 0 Å². The molecule has 1 amide bonds. The van der Waals surface area contributed by atoms with Crippen LogP contribution in [0, 0.1) is 0 Å². The number of benzene rings is 1. The first-order chi connectivity index (χ1) is 11.7. The van der Waals surface area contributed by atoms with Crippen molar-refractivity contribution in [2.24, 2.45) is 0 Å². The fraction of sp³-hybridized carbons (Fsp3) is 0.600. The first-order valence-corrected chi connectivity index (χ1v) is 9.06. The van der Waals surface area contributed by atoms with Crippen molar-refractivity contribution in [1.82, 2.24) is 5.32 Å². The van der Waals surface area contributed by atoms with Gasteiger partial charge in [-0.15, -0.1) is 0 Å². The van der Waals surface area contributed by atoms with Crippen LogP contribution in [0.5, 0.6) is 0 Å². The van der Waals surface area contributed by atoms with E-state index in [0.29, 0.717) is 5.92 Å². The van der Waals surface area contributed by atoms with Crippen LogP contribution in [0.1, 0.15) is 69.9 Å². The summed E-state index contributed by atoms with van der Waals surface area (Å²) >= 11 is 0. The van der Waals surface area contributed by atoms with Gasteiger partial charge in [0.15, 0.2) is 0 Å². The van der Waals surface area contributed by atoms with E-state index in [9.17, 15) is 14.7 Å². The maximum absolute atomic E-state index is 11.8. The van der Waals surface area contributed by atoms with Gasteiger partial charge in [-0.2, -0.15) is 0 Å². The summed E-state index contributed by atoms with van der Waals surface area (Å²) < 4.78 is 5.14. The molecule has 1 atom stereocenters. The molecule has 0 heterocycles. The molecule has 0 spiro atoms.